The van der Waals surface area contributed by atoms with E-state index in [2.05, 4.69) is 32.3 Å². The van der Waals surface area contributed by atoms with Gasteiger partial charge in [-0.1, -0.05) is 18.2 Å². The first-order valence-corrected chi connectivity index (χ1v) is 9.55. The molecule has 0 saturated carbocycles. The summed E-state index contributed by atoms with van der Waals surface area (Å²) in [5.41, 5.74) is 2.44. The lowest BCUT2D eigenvalue weighted by atomic mass is 10.2. The van der Waals surface area contributed by atoms with E-state index in [1.807, 2.05) is 47.4 Å². The number of carbonyl (C=O) groups is 1. The van der Waals surface area contributed by atoms with Crippen molar-refractivity contribution in [2.45, 2.75) is 0 Å². The van der Waals surface area contributed by atoms with Crippen molar-refractivity contribution in [3.8, 4) is 5.75 Å². The van der Waals surface area contributed by atoms with Gasteiger partial charge in [-0.25, -0.2) is 9.97 Å². The molecule has 1 saturated heterocycles. The fourth-order valence-corrected chi connectivity index (χ4v) is 3.33. The molecule has 0 spiro atoms. The molecule has 1 N–H and O–H groups in total. The second-order valence-corrected chi connectivity index (χ2v) is 6.76. The van der Waals surface area contributed by atoms with E-state index in [4.69, 9.17) is 4.74 Å². The number of nitrogens with one attached hydrogen (secondary N) is 1. The van der Waals surface area contributed by atoms with Crippen molar-refractivity contribution in [3.05, 3.63) is 72.7 Å². The van der Waals surface area contributed by atoms with Crippen molar-refractivity contribution < 1.29 is 9.53 Å². The molecule has 1 aliphatic heterocycles. The third-order valence-corrected chi connectivity index (χ3v) is 4.94. The molecule has 29 heavy (non-hydrogen) atoms. The van der Waals surface area contributed by atoms with Crippen molar-refractivity contribution in [1.29, 1.82) is 0 Å². The van der Waals surface area contributed by atoms with Crippen LogP contribution in [0.5, 0.6) is 5.75 Å². The van der Waals surface area contributed by atoms with Gasteiger partial charge in [0.25, 0.3) is 5.91 Å². The van der Waals surface area contributed by atoms with Crippen molar-refractivity contribution in [2.75, 3.05) is 43.5 Å². The van der Waals surface area contributed by atoms with Gasteiger partial charge in [-0.05, 0) is 36.4 Å². The Bertz CT molecular complexity index is 954. The molecule has 4 rings (SSSR count). The SMILES string of the molecule is COc1ccc(Nc2cc(C(=O)N3CCN(c4ccccc4)CC3)ncn2)cc1. The van der Waals surface area contributed by atoms with E-state index >= 15 is 0 Å². The number of rotatable bonds is 5. The number of anilines is 3. The van der Waals surface area contributed by atoms with Gasteiger partial charge in [0.15, 0.2) is 0 Å². The highest BCUT2D eigenvalue weighted by molar-refractivity contribution is 5.93. The largest absolute Gasteiger partial charge is 0.497 e. The van der Waals surface area contributed by atoms with Crippen molar-refractivity contribution in [2.24, 2.45) is 0 Å². The topological polar surface area (TPSA) is 70.6 Å². The highest BCUT2D eigenvalue weighted by Gasteiger charge is 2.23. The van der Waals surface area contributed by atoms with Crippen LogP contribution in [-0.2, 0) is 0 Å². The third-order valence-electron chi connectivity index (χ3n) is 4.94. The van der Waals surface area contributed by atoms with Gasteiger partial charge < -0.3 is 19.9 Å². The average molecular weight is 389 g/mol. The summed E-state index contributed by atoms with van der Waals surface area (Å²) < 4.78 is 5.17. The molecule has 0 aliphatic carbocycles. The van der Waals surface area contributed by atoms with Crippen molar-refractivity contribution in [1.82, 2.24) is 14.9 Å². The van der Waals surface area contributed by atoms with E-state index in [9.17, 15) is 4.79 Å². The van der Waals surface area contributed by atoms with E-state index in [-0.39, 0.29) is 5.91 Å². The summed E-state index contributed by atoms with van der Waals surface area (Å²) in [5, 5.41) is 3.20. The number of ether oxygens (including phenoxy) is 1. The maximum atomic E-state index is 12.9. The van der Waals surface area contributed by atoms with Crippen LogP contribution in [0.2, 0.25) is 0 Å². The van der Waals surface area contributed by atoms with Crippen molar-refractivity contribution in [3.63, 3.8) is 0 Å². The summed E-state index contributed by atoms with van der Waals surface area (Å²) in [6, 6.07) is 19.5. The summed E-state index contributed by atoms with van der Waals surface area (Å²) in [4.78, 5) is 25.5. The molecular weight excluding hydrogens is 366 g/mol. The van der Waals surface area contributed by atoms with Gasteiger partial charge in [0.1, 0.15) is 23.6 Å². The van der Waals surface area contributed by atoms with Crippen LogP contribution in [-0.4, -0.2) is 54.1 Å². The predicted molar refractivity (Wildman–Crippen MR) is 113 cm³/mol. The van der Waals surface area contributed by atoms with Crippen LogP contribution in [0.25, 0.3) is 0 Å². The fourth-order valence-electron chi connectivity index (χ4n) is 3.33. The van der Waals surface area contributed by atoms with Crippen LogP contribution < -0.4 is 15.0 Å². The number of amides is 1. The zero-order valence-corrected chi connectivity index (χ0v) is 16.3. The Kier molecular flexibility index (Phi) is 5.56. The van der Waals surface area contributed by atoms with E-state index < -0.39 is 0 Å². The first-order valence-electron chi connectivity index (χ1n) is 9.55. The van der Waals surface area contributed by atoms with Crippen LogP contribution in [0.1, 0.15) is 10.5 Å². The smallest absolute Gasteiger partial charge is 0.272 e. The van der Waals surface area contributed by atoms with Gasteiger partial charge >= 0.3 is 0 Å². The average Bonchev–Trinajstić information content (AvgIpc) is 2.80. The molecule has 1 aromatic heterocycles. The number of hydrogen-bond donors (Lipinski definition) is 1. The number of benzene rings is 2. The maximum absolute atomic E-state index is 12.9. The Morgan fingerprint density at radius 3 is 2.38 bits per heavy atom. The van der Waals surface area contributed by atoms with Gasteiger partial charge in [-0.2, -0.15) is 0 Å². The Hall–Kier alpha value is -3.61. The number of para-hydroxylation sites is 1. The Morgan fingerprint density at radius 2 is 1.69 bits per heavy atom. The summed E-state index contributed by atoms with van der Waals surface area (Å²) >= 11 is 0. The molecule has 1 amide bonds. The molecule has 7 nitrogen and oxygen atoms in total. The number of carbonyl (C=O) groups excluding carboxylic acids is 1. The monoisotopic (exact) mass is 389 g/mol. The summed E-state index contributed by atoms with van der Waals surface area (Å²) in [5.74, 6) is 1.29. The van der Waals surface area contributed by atoms with Gasteiger partial charge in [0, 0.05) is 43.6 Å². The summed E-state index contributed by atoms with van der Waals surface area (Å²) in [6.45, 7) is 2.94. The molecule has 1 aliphatic rings. The fraction of sp³-hybridized carbons (Fsp3) is 0.227. The van der Waals surface area contributed by atoms with Crippen LogP contribution >= 0.6 is 0 Å². The first-order chi connectivity index (χ1) is 14.2. The van der Waals surface area contributed by atoms with Gasteiger partial charge in [-0.3, -0.25) is 4.79 Å². The van der Waals surface area contributed by atoms with Gasteiger partial charge in [0.05, 0.1) is 7.11 Å². The zero-order chi connectivity index (χ0) is 20.1. The number of piperazine rings is 1. The molecule has 148 valence electrons. The molecule has 0 atom stereocenters. The van der Waals surface area contributed by atoms with E-state index in [0.29, 0.717) is 24.6 Å². The standard InChI is InChI=1S/C22H23N5O2/c1-29-19-9-7-17(8-10-19)25-21-15-20(23-16-24-21)22(28)27-13-11-26(12-14-27)18-5-3-2-4-6-18/h2-10,15-16H,11-14H2,1H3,(H,23,24,25). The third kappa shape index (κ3) is 4.45. The maximum Gasteiger partial charge on any atom is 0.272 e. The summed E-state index contributed by atoms with van der Waals surface area (Å²) in [6.07, 6.45) is 1.42. The molecule has 0 radical (unpaired) electrons. The second kappa shape index (κ2) is 8.60. The molecule has 0 unspecified atom stereocenters. The number of hydrogen-bond acceptors (Lipinski definition) is 6. The van der Waals surface area contributed by atoms with Crippen LogP contribution in [0, 0.1) is 0 Å². The molecule has 2 aromatic carbocycles. The minimum Gasteiger partial charge on any atom is -0.497 e. The van der Waals surface area contributed by atoms with Gasteiger partial charge in [0.2, 0.25) is 0 Å². The second-order valence-electron chi connectivity index (χ2n) is 6.76. The molecule has 1 fully saturated rings. The highest BCUT2D eigenvalue weighted by Crippen LogP contribution is 2.20. The van der Waals surface area contributed by atoms with E-state index in [1.54, 1.807) is 13.2 Å². The molecule has 0 bridgehead atoms. The normalized spacial score (nSPS) is 13.8. The lowest BCUT2D eigenvalue weighted by Crippen LogP contribution is -2.49. The number of aromatic nitrogens is 2. The minimum absolute atomic E-state index is 0.0714. The number of nitrogens with zero attached hydrogens (tertiary/aromatic N) is 4. The first kappa shape index (κ1) is 18.7. The molecular formula is C22H23N5O2. The van der Waals surface area contributed by atoms with Crippen LogP contribution in [0.3, 0.4) is 0 Å². The zero-order valence-electron chi connectivity index (χ0n) is 16.3. The minimum atomic E-state index is -0.0714. The summed E-state index contributed by atoms with van der Waals surface area (Å²) in [7, 11) is 1.63. The lowest BCUT2D eigenvalue weighted by Gasteiger charge is -2.36. The highest BCUT2D eigenvalue weighted by atomic mass is 16.5. The molecule has 7 heteroatoms. The number of methoxy groups -OCH3 is 1. The van der Waals surface area contributed by atoms with Crippen LogP contribution in [0.15, 0.2) is 67.0 Å². The van der Waals surface area contributed by atoms with Crippen LogP contribution in [0.4, 0.5) is 17.2 Å². The Balaban J connectivity index is 1.39. The van der Waals surface area contributed by atoms with E-state index in [1.165, 1.54) is 12.0 Å². The van der Waals surface area contributed by atoms with E-state index in [0.717, 1.165) is 24.5 Å². The van der Waals surface area contributed by atoms with Crippen molar-refractivity contribution >= 4 is 23.1 Å². The lowest BCUT2D eigenvalue weighted by molar-refractivity contribution is 0.0740. The Morgan fingerprint density at radius 1 is 0.966 bits per heavy atom. The van der Waals surface area contributed by atoms with Gasteiger partial charge in [-0.15, -0.1) is 0 Å². The Labute approximate surface area is 170 Å². The predicted octanol–water partition coefficient (Wildman–Crippen LogP) is 3.19. The quantitative estimate of drug-likeness (QED) is 0.723. The molecule has 3 aromatic rings. The molecule has 2 heterocycles.